The highest BCUT2D eigenvalue weighted by atomic mass is 16.4. The van der Waals surface area contributed by atoms with E-state index < -0.39 is 5.97 Å². The van der Waals surface area contributed by atoms with Crippen molar-refractivity contribution in [3.8, 4) is 0 Å². The van der Waals surface area contributed by atoms with Crippen molar-refractivity contribution < 1.29 is 9.90 Å². The molecule has 0 aromatic heterocycles. The second-order valence-electron chi connectivity index (χ2n) is 5.49. The summed E-state index contributed by atoms with van der Waals surface area (Å²) in [6, 6.07) is 0. The predicted octanol–water partition coefficient (Wildman–Crippen LogP) is 4.34. The minimum atomic E-state index is -0.667. The summed E-state index contributed by atoms with van der Waals surface area (Å²) in [5.41, 5.74) is 0. The molecular weight excluding hydrogens is 200 g/mol. The lowest BCUT2D eigenvalue weighted by Crippen LogP contribution is -2.06. The molecular formula is C14H28O2. The van der Waals surface area contributed by atoms with E-state index in [1.807, 2.05) is 6.92 Å². The molecule has 0 rings (SSSR count). The van der Waals surface area contributed by atoms with Crippen molar-refractivity contribution >= 4 is 5.97 Å². The zero-order valence-corrected chi connectivity index (χ0v) is 11.3. The smallest absolute Gasteiger partial charge is 0.303 e. The van der Waals surface area contributed by atoms with Crippen LogP contribution in [0.3, 0.4) is 0 Å². The Bertz CT molecular complexity index is 189. The Morgan fingerprint density at radius 3 is 2.12 bits per heavy atom. The highest BCUT2D eigenvalue weighted by molar-refractivity contribution is 5.66. The van der Waals surface area contributed by atoms with E-state index in [4.69, 9.17) is 5.11 Å². The Kier molecular flexibility index (Phi) is 8.32. The molecule has 0 fully saturated rings. The molecule has 0 aromatic rings. The molecule has 2 nitrogen and oxygen atoms in total. The summed E-state index contributed by atoms with van der Waals surface area (Å²) in [6.07, 6.45) is 6.36. The van der Waals surface area contributed by atoms with Crippen LogP contribution in [0.1, 0.15) is 66.2 Å². The van der Waals surface area contributed by atoms with Crippen LogP contribution in [-0.4, -0.2) is 11.1 Å². The number of aliphatic carboxylic acids is 1. The summed E-state index contributed by atoms with van der Waals surface area (Å²) < 4.78 is 0. The van der Waals surface area contributed by atoms with Crippen LogP contribution >= 0.6 is 0 Å². The third-order valence-corrected chi connectivity index (χ3v) is 3.42. The van der Waals surface area contributed by atoms with Gasteiger partial charge in [0.15, 0.2) is 0 Å². The summed E-state index contributed by atoms with van der Waals surface area (Å²) in [5, 5.41) is 8.64. The van der Waals surface area contributed by atoms with Gasteiger partial charge in [-0.1, -0.05) is 53.4 Å². The van der Waals surface area contributed by atoms with Crippen LogP contribution in [0.15, 0.2) is 0 Å². The minimum Gasteiger partial charge on any atom is -0.481 e. The molecule has 0 saturated carbocycles. The van der Waals surface area contributed by atoms with Crippen LogP contribution in [-0.2, 0) is 4.79 Å². The average molecular weight is 228 g/mol. The molecule has 0 aliphatic rings. The molecule has 0 amide bonds. The molecule has 0 spiro atoms. The van der Waals surface area contributed by atoms with Gasteiger partial charge in [0.1, 0.15) is 0 Å². The van der Waals surface area contributed by atoms with Crippen molar-refractivity contribution in [3.63, 3.8) is 0 Å². The first-order chi connectivity index (χ1) is 7.45. The first-order valence-corrected chi connectivity index (χ1v) is 6.67. The van der Waals surface area contributed by atoms with Crippen LogP contribution in [0.5, 0.6) is 0 Å². The van der Waals surface area contributed by atoms with E-state index >= 15 is 0 Å². The Balaban J connectivity index is 3.53. The summed E-state index contributed by atoms with van der Waals surface area (Å²) in [5.74, 6) is 1.27. The third-order valence-electron chi connectivity index (χ3n) is 3.42. The maximum atomic E-state index is 10.5. The minimum absolute atomic E-state index is 0.319. The molecule has 0 aliphatic heterocycles. The van der Waals surface area contributed by atoms with Crippen molar-refractivity contribution in [1.82, 2.24) is 0 Å². The zero-order chi connectivity index (χ0) is 12.6. The van der Waals surface area contributed by atoms with Gasteiger partial charge in [-0.25, -0.2) is 0 Å². The van der Waals surface area contributed by atoms with Gasteiger partial charge in [0.25, 0.3) is 0 Å². The Morgan fingerprint density at radius 2 is 1.62 bits per heavy atom. The first kappa shape index (κ1) is 15.5. The molecule has 0 aliphatic carbocycles. The summed E-state index contributed by atoms with van der Waals surface area (Å²) in [7, 11) is 0. The number of rotatable bonds is 9. The van der Waals surface area contributed by atoms with Gasteiger partial charge in [0.05, 0.1) is 0 Å². The lowest BCUT2D eigenvalue weighted by molar-refractivity contribution is -0.138. The van der Waals surface area contributed by atoms with Gasteiger partial charge in [-0.3, -0.25) is 4.79 Å². The molecule has 3 unspecified atom stereocenters. The third kappa shape index (κ3) is 8.75. The number of hydrogen-bond donors (Lipinski definition) is 1. The maximum absolute atomic E-state index is 10.5. The second-order valence-corrected chi connectivity index (χ2v) is 5.49. The molecule has 2 heteroatoms. The van der Waals surface area contributed by atoms with Gasteiger partial charge in [-0.2, -0.15) is 0 Å². The molecule has 16 heavy (non-hydrogen) atoms. The lowest BCUT2D eigenvalue weighted by atomic mass is 9.90. The quantitative estimate of drug-likeness (QED) is 0.637. The number of carboxylic acids is 1. The van der Waals surface area contributed by atoms with Crippen LogP contribution in [0, 0.1) is 17.8 Å². The van der Waals surface area contributed by atoms with Gasteiger partial charge in [0.2, 0.25) is 0 Å². The monoisotopic (exact) mass is 228 g/mol. The second kappa shape index (κ2) is 8.60. The van der Waals surface area contributed by atoms with Crippen LogP contribution in [0.2, 0.25) is 0 Å². The maximum Gasteiger partial charge on any atom is 0.303 e. The van der Waals surface area contributed by atoms with E-state index in [1.165, 1.54) is 25.7 Å². The highest BCUT2D eigenvalue weighted by Crippen LogP contribution is 2.21. The van der Waals surface area contributed by atoms with Crippen molar-refractivity contribution in [2.45, 2.75) is 66.2 Å². The van der Waals surface area contributed by atoms with Gasteiger partial charge >= 0.3 is 5.97 Å². The van der Waals surface area contributed by atoms with E-state index in [0.29, 0.717) is 12.3 Å². The molecule has 0 radical (unpaired) electrons. The summed E-state index contributed by atoms with van der Waals surface area (Å²) >= 11 is 0. The fourth-order valence-electron chi connectivity index (χ4n) is 2.19. The van der Waals surface area contributed by atoms with Gasteiger partial charge in [-0.15, -0.1) is 0 Å². The Hall–Kier alpha value is -0.530. The van der Waals surface area contributed by atoms with Crippen molar-refractivity contribution in [3.05, 3.63) is 0 Å². The molecule has 96 valence electrons. The predicted molar refractivity (Wildman–Crippen MR) is 68.5 cm³/mol. The van der Waals surface area contributed by atoms with Gasteiger partial charge in [0, 0.05) is 6.42 Å². The molecule has 0 heterocycles. The van der Waals surface area contributed by atoms with Crippen LogP contribution in [0.25, 0.3) is 0 Å². The largest absolute Gasteiger partial charge is 0.481 e. The van der Waals surface area contributed by atoms with Gasteiger partial charge < -0.3 is 5.11 Å². The highest BCUT2D eigenvalue weighted by Gasteiger charge is 2.10. The SMILES string of the molecule is CCC(C)CC(C)CCCC(C)CC(=O)O. The summed E-state index contributed by atoms with van der Waals surface area (Å²) in [6.45, 7) is 8.90. The van der Waals surface area contributed by atoms with Crippen molar-refractivity contribution in [2.75, 3.05) is 0 Å². The average Bonchev–Trinajstić information content (AvgIpc) is 2.16. The van der Waals surface area contributed by atoms with Gasteiger partial charge in [-0.05, 0) is 24.2 Å². The normalized spacial score (nSPS) is 16.8. The van der Waals surface area contributed by atoms with E-state index in [0.717, 1.165) is 18.3 Å². The molecule has 0 aromatic carbocycles. The lowest BCUT2D eigenvalue weighted by Gasteiger charge is -2.16. The number of hydrogen-bond acceptors (Lipinski definition) is 1. The standard InChI is InChI=1S/C14H28O2/c1-5-11(2)9-12(3)7-6-8-13(4)10-14(15)16/h11-13H,5-10H2,1-4H3,(H,15,16). The van der Waals surface area contributed by atoms with Crippen LogP contribution < -0.4 is 0 Å². The zero-order valence-electron chi connectivity index (χ0n) is 11.3. The fraction of sp³-hybridized carbons (Fsp3) is 0.929. The molecule has 0 saturated heterocycles. The Morgan fingerprint density at radius 1 is 1.06 bits per heavy atom. The van der Waals surface area contributed by atoms with E-state index in [9.17, 15) is 4.79 Å². The fourth-order valence-corrected chi connectivity index (χ4v) is 2.19. The van der Waals surface area contributed by atoms with E-state index in [1.54, 1.807) is 0 Å². The number of carboxylic acid groups (broad SMARTS) is 1. The first-order valence-electron chi connectivity index (χ1n) is 6.67. The van der Waals surface area contributed by atoms with Crippen molar-refractivity contribution in [2.24, 2.45) is 17.8 Å². The molecule has 3 atom stereocenters. The van der Waals surface area contributed by atoms with Crippen molar-refractivity contribution in [1.29, 1.82) is 0 Å². The molecule has 1 N–H and O–H groups in total. The van der Waals surface area contributed by atoms with Crippen LogP contribution in [0.4, 0.5) is 0 Å². The topological polar surface area (TPSA) is 37.3 Å². The summed E-state index contributed by atoms with van der Waals surface area (Å²) in [4.78, 5) is 10.5. The Labute approximate surface area is 100 Å². The van der Waals surface area contributed by atoms with E-state index in [-0.39, 0.29) is 0 Å². The number of carbonyl (C=O) groups is 1. The van der Waals surface area contributed by atoms with E-state index in [2.05, 4.69) is 20.8 Å². The molecule has 0 bridgehead atoms.